The van der Waals surface area contributed by atoms with Crippen molar-refractivity contribution in [1.82, 2.24) is 0 Å². The van der Waals surface area contributed by atoms with Gasteiger partial charge in [0.15, 0.2) is 0 Å². The first-order chi connectivity index (χ1) is 12.8. The summed E-state index contributed by atoms with van der Waals surface area (Å²) in [4.78, 5) is 19.9. The van der Waals surface area contributed by atoms with Crippen molar-refractivity contribution >= 4 is 51.5 Å². The van der Waals surface area contributed by atoms with Crippen LogP contribution in [0.1, 0.15) is 27.7 Å². The molecule has 0 unspecified atom stereocenters. The standard InChI is InChI=1S/C6H4ClNO2.C6H5Cl.2C2H6.CH3I.CH3.HNO3.V/c7-5-1-3-6(4-2-5)8(9)10;7-6-4-2-1-3-5-6;3*1-2;;2-1(3)4;/h1-4H;1-5H;2*1-2H3;1H3;1H3;(H,2,3,4);/q;;;;;-1;;. The van der Waals surface area contributed by atoms with Crippen LogP contribution in [-0.2, 0) is 18.6 Å². The summed E-state index contributed by atoms with van der Waals surface area (Å²) in [6, 6.07) is 15.1. The summed E-state index contributed by atoms with van der Waals surface area (Å²) in [6.45, 7) is 8.00. The van der Waals surface area contributed by atoms with Crippen molar-refractivity contribution in [2.24, 2.45) is 0 Å². The third-order valence-corrected chi connectivity index (χ3v) is 2.27. The first kappa shape index (κ1) is 42.1. The molecule has 1 radical (unpaired) electrons. The summed E-state index contributed by atoms with van der Waals surface area (Å²) in [7, 11) is 0. The number of non-ortho nitro benzene ring substituents is 1. The molecule has 0 aliphatic heterocycles. The van der Waals surface area contributed by atoms with E-state index < -0.39 is 10.0 Å². The van der Waals surface area contributed by atoms with Crippen LogP contribution < -0.4 is 0 Å². The first-order valence-corrected chi connectivity index (χ1v) is 10.6. The van der Waals surface area contributed by atoms with Crippen LogP contribution in [0.15, 0.2) is 54.6 Å². The van der Waals surface area contributed by atoms with Gasteiger partial charge >= 0.3 is 0 Å². The fourth-order valence-corrected chi connectivity index (χ4v) is 1.25. The third-order valence-electron chi connectivity index (χ3n) is 1.77. The zero-order valence-corrected chi connectivity index (χ0v) is 22.3. The minimum absolute atomic E-state index is 0. The molecule has 1 N–H and O–H groups in total. The number of nitrogens with zero attached hydrogens (tertiary/aromatic N) is 2. The third kappa shape index (κ3) is 38.2. The van der Waals surface area contributed by atoms with Crippen LogP contribution in [-0.4, -0.2) is 20.1 Å². The van der Waals surface area contributed by atoms with Crippen LogP contribution in [0.2, 0.25) is 10.0 Å². The zero-order chi connectivity index (χ0) is 22.3. The van der Waals surface area contributed by atoms with Gasteiger partial charge in [0.05, 0.1) is 4.92 Å². The Bertz CT molecular complexity index is 576. The molecule has 7 nitrogen and oxygen atoms in total. The molecule has 0 fully saturated rings. The van der Waals surface area contributed by atoms with E-state index in [-0.39, 0.29) is 31.7 Å². The van der Waals surface area contributed by atoms with Crippen LogP contribution in [0.3, 0.4) is 0 Å². The van der Waals surface area contributed by atoms with Gasteiger partial charge in [0.25, 0.3) is 10.8 Å². The molecule has 0 aliphatic rings. The number of hydrogen-bond donors (Lipinski definition) is 1. The Morgan fingerprint density at radius 3 is 1.28 bits per heavy atom. The van der Waals surface area contributed by atoms with Crippen molar-refractivity contribution < 1.29 is 33.8 Å². The van der Waals surface area contributed by atoms with E-state index >= 15 is 0 Å². The molecule has 2 aromatic carbocycles. The topological polar surface area (TPSA) is 107 Å². The van der Waals surface area contributed by atoms with Crippen molar-refractivity contribution in [2.45, 2.75) is 27.7 Å². The van der Waals surface area contributed by atoms with Gasteiger partial charge in [0.2, 0.25) is 0 Å². The molecule has 0 saturated heterocycles. The Kier molecular flexibility index (Phi) is 50.0. The van der Waals surface area contributed by atoms with E-state index in [1.807, 2.05) is 63.0 Å². The SMILES string of the molecule is CC.CC.CI.Clc1ccccc1.O=[N+]([O-])O.O=[N+]([O-])c1ccc(Cl)cc1.[CH3-].[V]. The Morgan fingerprint density at radius 2 is 1.07 bits per heavy atom. The predicted molar refractivity (Wildman–Crippen MR) is 127 cm³/mol. The number of rotatable bonds is 1. The fraction of sp³-hybridized carbons (Fsp3) is 0.278. The van der Waals surface area contributed by atoms with E-state index in [0.29, 0.717) is 5.02 Å². The van der Waals surface area contributed by atoms with Gasteiger partial charge in [-0.3, -0.25) is 10.1 Å². The molecule has 11 heteroatoms. The molecule has 0 aliphatic carbocycles. The van der Waals surface area contributed by atoms with Gasteiger partial charge in [-0.1, -0.05) is 91.7 Å². The second-order valence-corrected chi connectivity index (χ2v) is 4.14. The van der Waals surface area contributed by atoms with Crippen LogP contribution in [0.5, 0.6) is 0 Å². The molecular formula is C18H28Cl2IN2O5V-. The molecule has 2 rings (SSSR count). The van der Waals surface area contributed by atoms with Crippen molar-refractivity contribution in [3.63, 3.8) is 0 Å². The second-order valence-electron chi connectivity index (χ2n) is 3.27. The van der Waals surface area contributed by atoms with Crippen LogP contribution in [0.25, 0.3) is 0 Å². The molecule has 0 heterocycles. The quantitative estimate of drug-likeness (QED) is 0.118. The number of nitro groups is 1. The first-order valence-electron chi connectivity index (χ1n) is 7.64. The van der Waals surface area contributed by atoms with Gasteiger partial charge in [-0.15, -0.1) is 10.1 Å². The van der Waals surface area contributed by atoms with E-state index in [1.54, 1.807) is 0 Å². The van der Waals surface area contributed by atoms with E-state index in [4.69, 9.17) is 38.5 Å². The summed E-state index contributed by atoms with van der Waals surface area (Å²) in [5.41, 5.74) is 0.0596. The van der Waals surface area contributed by atoms with Crippen molar-refractivity contribution in [3.8, 4) is 0 Å². The van der Waals surface area contributed by atoms with Gasteiger partial charge in [-0.2, -0.15) is 0 Å². The molecule has 0 amide bonds. The average molecular weight is 601 g/mol. The minimum Gasteiger partial charge on any atom is -0.358 e. The zero-order valence-electron chi connectivity index (χ0n) is 17.3. The van der Waals surface area contributed by atoms with Gasteiger partial charge in [-0.25, -0.2) is 0 Å². The Morgan fingerprint density at radius 1 is 0.793 bits per heavy atom. The summed E-state index contributed by atoms with van der Waals surface area (Å²) < 4.78 is 0. The van der Waals surface area contributed by atoms with Gasteiger partial charge in [-0.05, 0) is 29.2 Å². The molecule has 0 aromatic heterocycles. The van der Waals surface area contributed by atoms with Crippen molar-refractivity contribution in [3.05, 3.63) is 92.3 Å². The fourth-order valence-electron chi connectivity index (χ4n) is 0.977. The monoisotopic (exact) mass is 600 g/mol. The number of benzene rings is 2. The molecule has 0 atom stereocenters. The van der Waals surface area contributed by atoms with E-state index in [2.05, 4.69) is 22.6 Å². The Hall–Kier alpha value is -1.07. The van der Waals surface area contributed by atoms with Crippen molar-refractivity contribution in [2.75, 3.05) is 4.93 Å². The largest absolute Gasteiger partial charge is 0.358 e. The van der Waals surface area contributed by atoms with Gasteiger partial charge in [0.1, 0.15) is 0 Å². The molecule has 0 bridgehead atoms. The molecule has 2 aromatic rings. The minimum atomic E-state index is -1.50. The summed E-state index contributed by atoms with van der Waals surface area (Å²) in [5.74, 6) is 0. The summed E-state index contributed by atoms with van der Waals surface area (Å²) in [6.07, 6.45) is 0. The van der Waals surface area contributed by atoms with Crippen molar-refractivity contribution in [1.29, 1.82) is 0 Å². The smallest absolute Gasteiger partial charge is 0.291 e. The Labute approximate surface area is 209 Å². The second kappa shape index (κ2) is 34.4. The average Bonchev–Trinajstić information content (AvgIpc) is 2.68. The summed E-state index contributed by atoms with van der Waals surface area (Å²) in [5, 5.41) is 25.0. The van der Waals surface area contributed by atoms with Crippen LogP contribution in [0, 0.1) is 27.7 Å². The number of halogens is 3. The molecule has 29 heavy (non-hydrogen) atoms. The normalized spacial score (nSPS) is 6.76. The van der Waals surface area contributed by atoms with Gasteiger partial charge in [0, 0.05) is 40.7 Å². The Balaban J connectivity index is -0.0000000618. The number of nitro benzene ring substituents is 1. The molecular weight excluding hydrogens is 573 g/mol. The maximum Gasteiger partial charge on any atom is 0.291 e. The van der Waals surface area contributed by atoms with Crippen LogP contribution in [0.4, 0.5) is 5.69 Å². The maximum atomic E-state index is 10.1. The molecule has 167 valence electrons. The number of hydrogen-bond acceptors (Lipinski definition) is 4. The van der Waals surface area contributed by atoms with E-state index in [0.717, 1.165) is 5.02 Å². The summed E-state index contributed by atoms with van der Waals surface area (Å²) >= 11 is 13.2. The van der Waals surface area contributed by atoms with Gasteiger partial charge < -0.3 is 12.6 Å². The van der Waals surface area contributed by atoms with E-state index in [9.17, 15) is 10.1 Å². The molecule has 0 saturated carbocycles. The van der Waals surface area contributed by atoms with E-state index in [1.165, 1.54) is 24.3 Å². The maximum absolute atomic E-state index is 10.1. The predicted octanol–water partition coefficient (Wildman–Crippen LogP) is 7.79. The number of alkyl halides is 1. The van der Waals surface area contributed by atoms with Crippen LogP contribution >= 0.6 is 45.8 Å². The molecule has 0 spiro atoms.